The molecule has 2 amide bonds. The number of ether oxygens (including phenoxy) is 2. The third-order valence-corrected chi connectivity index (χ3v) is 6.14. The number of rotatable bonds is 7. The monoisotopic (exact) mass is 469 g/mol. The predicted octanol–water partition coefficient (Wildman–Crippen LogP) is 0.0298. The van der Waals surface area contributed by atoms with E-state index < -0.39 is 41.5 Å². The zero-order valence-electron chi connectivity index (χ0n) is 16.4. The number of anilines is 1. The Balaban J connectivity index is 1.64. The van der Waals surface area contributed by atoms with Gasteiger partial charge in [-0.15, -0.1) is 23.1 Å². The van der Waals surface area contributed by atoms with Crippen LogP contribution in [0.5, 0.6) is 0 Å². The summed E-state index contributed by atoms with van der Waals surface area (Å²) in [6, 6.07) is -0.947. The molecule has 3 heterocycles. The average Bonchev–Trinajstić information content (AvgIpc) is 3.17. The van der Waals surface area contributed by atoms with Crippen molar-refractivity contribution in [3.05, 3.63) is 22.8 Å². The molecule has 0 radical (unpaired) electrons. The number of β-lactam (4-membered cyclic amide) rings is 1. The van der Waals surface area contributed by atoms with E-state index in [1.54, 1.807) is 6.92 Å². The van der Waals surface area contributed by atoms with Gasteiger partial charge in [0.15, 0.2) is 10.8 Å². The molecular weight excluding hydrogens is 450 g/mol. The minimum atomic E-state index is -1.12. The molecule has 1 fully saturated rings. The van der Waals surface area contributed by atoms with E-state index in [1.165, 1.54) is 35.0 Å². The summed E-state index contributed by atoms with van der Waals surface area (Å²) in [6.45, 7) is 2.99. The maximum atomic E-state index is 12.6. The Morgan fingerprint density at radius 2 is 2.19 bits per heavy atom. The number of thioether (sulfide) groups is 1. The highest BCUT2D eigenvalue weighted by Gasteiger charge is 2.53. The van der Waals surface area contributed by atoms with E-state index in [2.05, 4.69) is 15.5 Å². The van der Waals surface area contributed by atoms with Crippen LogP contribution in [0.15, 0.2) is 22.3 Å². The van der Waals surface area contributed by atoms with Crippen molar-refractivity contribution in [3.8, 4) is 0 Å². The molecule has 31 heavy (non-hydrogen) atoms. The molecule has 1 aromatic heterocycles. The molecule has 166 valence electrons. The summed E-state index contributed by atoms with van der Waals surface area (Å²) >= 11 is 2.39. The van der Waals surface area contributed by atoms with Gasteiger partial charge >= 0.3 is 11.9 Å². The van der Waals surface area contributed by atoms with Gasteiger partial charge in [0, 0.05) is 24.5 Å². The number of carbonyl (C=O) groups is 4. The highest BCUT2D eigenvalue weighted by Crippen LogP contribution is 2.38. The average molecular weight is 470 g/mol. The van der Waals surface area contributed by atoms with Crippen molar-refractivity contribution in [1.29, 1.82) is 0 Å². The molecule has 12 nitrogen and oxygen atoms in total. The molecular formula is C17H19N5O7S2. The number of esters is 2. The Morgan fingerprint density at radius 1 is 1.45 bits per heavy atom. The molecule has 4 N–H and O–H groups in total. The number of fused-ring (bicyclic) bond motifs is 1. The van der Waals surface area contributed by atoms with E-state index in [0.717, 1.165) is 11.3 Å². The maximum absolute atomic E-state index is 12.6. The van der Waals surface area contributed by atoms with Gasteiger partial charge in [-0.25, -0.2) is 9.78 Å². The van der Waals surface area contributed by atoms with Gasteiger partial charge in [0.1, 0.15) is 22.8 Å². The predicted molar refractivity (Wildman–Crippen MR) is 110 cm³/mol. The molecule has 2 aliphatic heterocycles. The van der Waals surface area contributed by atoms with Crippen LogP contribution in [0, 0.1) is 0 Å². The number of aromatic nitrogens is 1. The number of thiazole rings is 1. The molecule has 1 saturated heterocycles. The lowest BCUT2D eigenvalue weighted by Crippen LogP contribution is -2.70. The van der Waals surface area contributed by atoms with Crippen molar-refractivity contribution in [2.45, 2.75) is 38.0 Å². The van der Waals surface area contributed by atoms with E-state index >= 15 is 0 Å². The highest BCUT2D eigenvalue weighted by atomic mass is 32.2. The second-order valence-corrected chi connectivity index (χ2v) is 8.35. The lowest BCUT2D eigenvalue weighted by Gasteiger charge is -2.48. The third kappa shape index (κ3) is 4.64. The SMILES string of the molecule is CCC(=O)OC(C)OC(=O)C1=CCSC2C(NC(=O)/C(=N/O)c3csc(N)n3)C(=O)N12. The molecule has 14 heteroatoms. The Hall–Kier alpha value is -3.13. The first kappa shape index (κ1) is 22.6. The normalized spacial score (nSPS) is 21.4. The van der Waals surface area contributed by atoms with E-state index in [1.807, 2.05) is 0 Å². The maximum Gasteiger partial charge on any atom is 0.357 e. The fourth-order valence-electron chi connectivity index (χ4n) is 2.85. The first-order valence-corrected chi connectivity index (χ1v) is 11.0. The number of carbonyl (C=O) groups excluding carboxylic acids is 4. The van der Waals surface area contributed by atoms with Crippen LogP contribution in [-0.4, -0.2) is 68.0 Å². The number of hydrogen-bond donors (Lipinski definition) is 3. The molecule has 2 aliphatic rings. The fourth-order valence-corrected chi connectivity index (χ4v) is 4.59. The summed E-state index contributed by atoms with van der Waals surface area (Å²) in [6.07, 6.45) is 0.531. The number of amides is 2. The molecule has 0 saturated carbocycles. The summed E-state index contributed by atoms with van der Waals surface area (Å²) in [5.74, 6) is -2.32. The van der Waals surface area contributed by atoms with Gasteiger partial charge in [0.2, 0.25) is 6.29 Å². The zero-order valence-corrected chi connectivity index (χ0v) is 18.1. The van der Waals surface area contributed by atoms with Gasteiger partial charge in [0.25, 0.3) is 11.8 Å². The minimum absolute atomic E-state index is 0.00182. The van der Waals surface area contributed by atoms with E-state index in [4.69, 9.17) is 15.2 Å². The largest absolute Gasteiger partial charge is 0.425 e. The van der Waals surface area contributed by atoms with Crippen molar-refractivity contribution in [3.63, 3.8) is 0 Å². The van der Waals surface area contributed by atoms with Crippen LogP contribution in [0.1, 0.15) is 26.0 Å². The standard InChI is InChI=1S/C17H19N5O7S2/c1-3-10(23)28-7(2)29-16(26)9-4-5-30-15-12(14(25)22(9)15)20-13(24)11(21-27)8-6-31-17(18)19-8/h4,6-7,12,15,27H,3,5H2,1-2H3,(H2,18,19)(H,20,24)/b21-11+. The minimum Gasteiger partial charge on any atom is -0.425 e. The number of nitrogens with one attached hydrogen (secondary N) is 1. The molecule has 3 unspecified atom stereocenters. The van der Waals surface area contributed by atoms with Crippen molar-refractivity contribution in [1.82, 2.24) is 15.2 Å². The molecule has 3 rings (SSSR count). The lowest BCUT2D eigenvalue weighted by atomic mass is 10.0. The first-order chi connectivity index (χ1) is 14.8. The molecule has 0 aromatic carbocycles. The fraction of sp³-hybridized carbons (Fsp3) is 0.412. The Kier molecular flexibility index (Phi) is 6.80. The zero-order chi connectivity index (χ0) is 22.7. The van der Waals surface area contributed by atoms with Crippen molar-refractivity contribution >= 4 is 57.7 Å². The number of nitrogens with zero attached hydrogens (tertiary/aromatic N) is 3. The molecule has 0 bridgehead atoms. The second kappa shape index (κ2) is 9.34. The topological polar surface area (TPSA) is 174 Å². The number of oxime groups is 1. The molecule has 0 aliphatic carbocycles. The van der Waals surface area contributed by atoms with Gasteiger partial charge in [-0.05, 0) is 6.08 Å². The van der Waals surface area contributed by atoms with Crippen molar-refractivity contribution < 1.29 is 33.9 Å². The second-order valence-electron chi connectivity index (χ2n) is 6.31. The smallest absolute Gasteiger partial charge is 0.357 e. The third-order valence-electron chi connectivity index (χ3n) is 4.28. The van der Waals surface area contributed by atoms with E-state index in [9.17, 15) is 24.4 Å². The summed E-state index contributed by atoms with van der Waals surface area (Å²) in [5.41, 5.74) is 5.22. The summed E-state index contributed by atoms with van der Waals surface area (Å²) < 4.78 is 9.98. The van der Waals surface area contributed by atoms with Crippen LogP contribution in [0.25, 0.3) is 0 Å². The van der Waals surface area contributed by atoms with Gasteiger partial charge in [-0.2, -0.15) is 0 Å². The molecule has 3 atom stereocenters. The van der Waals surface area contributed by atoms with Gasteiger partial charge in [-0.3, -0.25) is 19.3 Å². The van der Waals surface area contributed by atoms with Gasteiger partial charge in [-0.1, -0.05) is 12.1 Å². The molecule has 1 aromatic rings. The number of nitrogens with two attached hydrogens (primary N) is 1. The van der Waals surface area contributed by atoms with Gasteiger partial charge < -0.3 is 25.7 Å². The van der Waals surface area contributed by atoms with Crippen molar-refractivity contribution in [2.24, 2.45) is 5.16 Å². The Morgan fingerprint density at radius 3 is 2.81 bits per heavy atom. The van der Waals surface area contributed by atoms with Crippen LogP contribution in [0.2, 0.25) is 0 Å². The van der Waals surface area contributed by atoms with E-state index in [-0.39, 0.29) is 28.7 Å². The van der Waals surface area contributed by atoms with E-state index in [0.29, 0.717) is 5.75 Å². The quantitative estimate of drug-likeness (QED) is 0.123. The summed E-state index contributed by atoms with van der Waals surface area (Å²) in [7, 11) is 0. The van der Waals surface area contributed by atoms with Crippen LogP contribution in [0.3, 0.4) is 0 Å². The lowest BCUT2D eigenvalue weighted by molar-refractivity contribution is -0.183. The summed E-state index contributed by atoms with van der Waals surface area (Å²) in [5, 5.41) is 15.7. The van der Waals surface area contributed by atoms with Crippen LogP contribution < -0.4 is 11.1 Å². The van der Waals surface area contributed by atoms with Crippen LogP contribution >= 0.6 is 23.1 Å². The van der Waals surface area contributed by atoms with Crippen LogP contribution in [-0.2, 0) is 28.7 Å². The van der Waals surface area contributed by atoms with Crippen LogP contribution in [0.4, 0.5) is 5.13 Å². The Bertz CT molecular complexity index is 976. The number of nitrogen functional groups attached to an aromatic ring is 1. The Labute approximate surface area is 184 Å². The molecule has 0 spiro atoms. The number of hydrogen-bond acceptors (Lipinski definition) is 12. The van der Waals surface area contributed by atoms with Crippen molar-refractivity contribution in [2.75, 3.05) is 11.5 Å². The first-order valence-electron chi connectivity index (χ1n) is 9.06. The van der Waals surface area contributed by atoms with Gasteiger partial charge in [0.05, 0.1) is 0 Å². The highest BCUT2D eigenvalue weighted by molar-refractivity contribution is 8.00. The summed E-state index contributed by atoms with van der Waals surface area (Å²) in [4.78, 5) is 54.0.